The molecular formula is C14H11ClF2S. The minimum Gasteiger partial charge on any atom is -0.207 e. The zero-order chi connectivity index (χ0) is 13.0. The van der Waals surface area contributed by atoms with Gasteiger partial charge in [-0.1, -0.05) is 12.1 Å². The highest BCUT2D eigenvalue weighted by atomic mass is 35.5. The van der Waals surface area contributed by atoms with Crippen LogP contribution in [0.5, 0.6) is 0 Å². The van der Waals surface area contributed by atoms with E-state index in [-0.39, 0.29) is 5.82 Å². The summed E-state index contributed by atoms with van der Waals surface area (Å²) in [6, 6.07) is 11.2. The van der Waals surface area contributed by atoms with Gasteiger partial charge in [-0.05, 0) is 35.9 Å². The number of alkyl halides is 1. The summed E-state index contributed by atoms with van der Waals surface area (Å²) in [7, 11) is 0. The van der Waals surface area contributed by atoms with E-state index in [0.29, 0.717) is 17.2 Å². The fourth-order valence-electron chi connectivity index (χ4n) is 1.49. The van der Waals surface area contributed by atoms with Gasteiger partial charge in [0, 0.05) is 22.1 Å². The summed E-state index contributed by atoms with van der Waals surface area (Å²) < 4.78 is 26.4. The largest absolute Gasteiger partial charge is 0.207 e. The standard InChI is InChI=1S/C14H11ClF2S/c15-8-10-1-4-13(5-2-10)18-9-11-7-12(16)3-6-14(11)17/h1-7H,8-9H2. The molecule has 0 aliphatic heterocycles. The van der Waals surface area contributed by atoms with Crippen molar-refractivity contribution in [3.8, 4) is 0 Å². The molecule has 0 aliphatic rings. The summed E-state index contributed by atoms with van der Waals surface area (Å²) in [6.07, 6.45) is 0. The van der Waals surface area contributed by atoms with Crippen molar-refractivity contribution >= 4 is 23.4 Å². The molecule has 0 N–H and O–H groups in total. The summed E-state index contributed by atoms with van der Waals surface area (Å²) in [4.78, 5) is 1.01. The molecular weight excluding hydrogens is 274 g/mol. The maximum Gasteiger partial charge on any atom is 0.127 e. The van der Waals surface area contributed by atoms with Crippen LogP contribution in [0, 0.1) is 11.6 Å². The maximum absolute atomic E-state index is 13.4. The van der Waals surface area contributed by atoms with Crippen molar-refractivity contribution in [1.82, 2.24) is 0 Å². The van der Waals surface area contributed by atoms with Gasteiger partial charge >= 0.3 is 0 Å². The van der Waals surface area contributed by atoms with Crippen LogP contribution in [0.2, 0.25) is 0 Å². The van der Waals surface area contributed by atoms with E-state index in [1.807, 2.05) is 24.3 Å². The van der Waals surface area contributed by atoms with Gasteiger partial charge in [0.25, 0.3) is 0 Å². The molecule has 0 atom stereocenters. The third-order valence-electron chi connectivity index (χ3n) is 2.48. The molecule has 2 rings (SSSR count). The molecule has 0 spiro atoms. The Morgan fingerprint density at radius 3 is 2.39 bits per heavy atom. The van der Waals surface area contributed by atoms with Crippen molar-refractivity contribution in [3.63, 3.8) is 0 Å². The third-order valence-corrected chi connectivity index (χ3v) is 3.85. The van der Waals surface area contributed by atoms with Crippen molar-refractivity contribution in [3.05, 3.63) is 65.2 Å². The molecule has 0 radical (unpaired) electrons. The third kappa shape index (κ3) is 3.47. The normalized spacial score (nSPS) is 10.6. The Morgan fingerprint density at radius 1 is 1.00 bits per heavy atom. The number of rotatable bonds is 4. The summed E-state index contributed by atoms with van der Waals surface area (Å²) in [5, 5.41) is 0. The van der Waals surface area contributed by atoms with Crippen molar-refractivity contribution in [2.24, 2.45) is 0 Å². The first-order valence-corrected chi connectivity index (χ1v) is 6.92. The van der Waals surface area contributed by atoms with Gasteiger partial charge in [0.2, 0.25) is 0 Å². The molecule has 0 nitrogen and oxygen atoms in total. The van der Waals surface area contributed by atoms with Gasteiger partial charge < -0.3 is 0 Å². The van der Waals surface area contributed by atoms with Crippen LogP contribution >= 0.6 is 23.4 Å². The Balaban J connectivity index is 2.04. The Kier molecular flexibility index (Phi) is 4.61. The van der Waals surface area contributed by atoms with Crippen LogP contribution in [0.25, 0.3) is 0 Å². The quantitative estimate of drug-likeness (QED) is 0.563. The first-order valence-electron chi connectivity index (χ1n) is 5.40. The van der Waals surface area contributed by atoms with Crippen LogP contribution in [0.1, 0.15) is 11.1 Å². The first kappa shape index (κ1) is 13.4. The summed E-state index contributed by atoms with van der Waals surface area (Å²) in [6.45, 7) is 0. The summed E-state index contributed by atoms with van der Waals surface area (Å²) in [5.74, 6) is 0.0959. The molecule has 2 aromatic carbocycles. The van der Waals surface area contributed by atoms with Crippen LogP contribution < -0.4 is 0 Å². The molecule has 0 saturated carbocycles. The van der Waals surface area contributed by atoms with Crippen LogP contribution in [0.4, 0.5) is 8.78 Å². The lowest BCUT2D eigenvalue weighted by molar-refractivity contribution is 0.591. The van der Waals surface area contributed by atoms with Crippen molar-refractivity contribution in [2.45, 2.75) is 16.5 Å². The van der Waals surface area contributed by atoms with E-state index in [1.54, 1.807) is 0 Å². The molecule has 18 heavy (non-hydrogen) atoms. The Hall–Kier alpha value is -1.06. The maximum atomic E-state index is 13.4. The molecule has 0 saturated heterocycles. The second-order valence-corrected chi connectivity index (χ2v) is 5.12. The predicted molar refractivity (Wildman–Crippen MR) is 71.9 cm³/mol. The van der Waals surface area contributed by atoms with Gasteiger partial charge in [-0.25, -0.2) is 8.78 Å². The Bertz CT molecular complexity index is 526. The first-order chi connectivity index (χ1) is 8.69. The van der Waals surface area contributed by atoms with E-state index in [2.05, 4.69) is 0 Å². The van der Waals surface area contributed by atoms with E-state index >= 15 is 0 Å². The highest BCUT2D eigenvalue weighted by Crippen LogP contribution is 2.25. The number of hydrogen-bond donors (Lipinski definition) is 0. The van der Waals surface area contributed by atoms with E-state index < -0.39 is 5.82 Å². The predicted octanol–water partition coefficient (Wildman–Crippen LogP) is 5.00. The fourth-order valence-corrected chi connectivity index (χ4v) is 2.54. The minimum atomic E-state index is -0.413. The lowest BCUT2D eigenvalue weighted by atomic mass is 10.2. The van der Waals surface area contributed by atoms with Crippen LogP contribution in [-0.2, 0) is 11.6 Å². The Labute approximate surface area is 114 Å². The van der Waals surface area contributed by atoms with Crippen LogP contribution in [0.15, 0.2) is 47.4 Å². The van der Waals surface area contributed by atoms with Gasteiger partial charge in [0.1, 0.15) is 11.6 Å². The SMILES string of the molecule is Fc1ccc(F)c(CSc2ccc(CCl)cc2)c1. The zero-order valence-corrected chi connectivity index (χ0v) is 11.1. The smallest absolute Gasteiger partial charge is 0.127 e. The second-order valence-electron chi connectivity index (χ2n) is 3.80. The van der Waals surface area contributed by atoms with Gasteiger partial charge in [0.05, 0.1) is 0 Å². The van der Waals surface area contributed by atoms with Gasteiger partial charge in [-0.2, -0.15) is 0 Å². The monoisotopic (exact) mass is 284 g/mol. The number of benzene rings is 2. The van der Waals surface area contributed by atoms with Gasteiger partial charge in [-0.15, -0.1) is 23.4 Å². The lowest BCUT2D eigenvalue weighted by Gasteiger charge is -2.04. The van der Waals surface area contributed by atoms with E-state index in [9.17, 15) is 8.78 Å². The molecule has 0 amide bonds. The van der Waals surface area contributed by atoms with Gasteiger partial charge in [0.15, 0.2) is 0 Å². The molecule has 0 unspecified atom stereocenters. The van der Waals surface area contributed by atoms with Crippen molar-refractivity contribution in [2.75, 3.05) is 0 Å². The average Bonchev–Trinajstić information content (AvgIpc) is 2.40. The fraction of sp³-hybridized carbons (Fsp3) is 0.143. The molecule has 4 heteroatoms. The highest BCUT2D eigenvalue weighted by Gasteiger charge is 2.04. The minimum absolute atomic E-state index is 0.374. The highest BCUT2D eigenvalue weighted by molar-refractivity contribution is 7.98. The van der Waals surface area contributed by atoms with Gasteiger partial charge in [-0.3, -0.25) is 0 Å². The molecule has 0 fully saturated rings. The van der Waals surface area contributed by atoms with E-state index in [4.69, 9.17) is 11.6 Å². The second kappa shape index (κ2) is 6.21. The number of halogens is 3. The van der Waals surface area contributed by atoms with Crippen LogP contribution in [-0.4, -0.2) is 0 Å². The molecule has 0 bridgehead atoms. The van der Waals surface area contributed by atoms with E-state index in [0.717, 1.165) is 22.6 Å². The molecule has 0 aliphatic carbocycles. The molecule has 94 valence electrons. The number of hydrogen-bond acceptors (Lipinski definition) is 1. The zero-order valence-electron chi connectivity index (χ0n) is 9.50. The van der Waals surface area contributed by atoms with Crippen LogP contribution in [0.3, 0.4) is 0 Å². The lowest BCUT2D eigenvalue weighted by Crippen LogP contribution is -1.89. The summed E-state index contributed by atoms with van der Waals surface area (Å²) >= 11 is 7.16. The molecule has 0 heterocycles. The van der Waals surface area contributed by atoms with Crippen molar-refractivity contribution in [1.29, 1.82) is 0 Å². The topological polar surface area (TPSA) is 0 Å². The van der Waals surface area contributed by atoms with E-state index in [1.165, 1.54) is 17.8 Å². The summed E-state index contributed by atoms with van der Waals surface area (Å²) in [5.41, 5.74) is 1.42. The molecule has 0 aromatic heterocycles. The molecule has 2 aromatic rings. The number of thioether (sulfide) groups is 1. The van der Waals surface area contributed by atoms with Crippen molar-refractivity contribution < 1.29 is 8.78 Å². The Morgan fingerprint density at radius 2 is 1.72 bits per heavy atom. The average molecular weight is 285 g/mol.